The van der Waals surface area contributed by atoms with Crippen molar-refractivity contribution >= 4 is 5.82 Å². The summed E-state index contributed by atoms with van der Waals surface area (Å²) in [7, 11) is 0. The number of anilines is 1. The lowest BCUT2D eigenvalue weighted by Crippen LogP contribution is -2.31. The lowest BCUT2D eigenvalue weighted by atomic mass is 10.2. The minimum atomic E-state index is -0.188. The molecule has 1 fully saturated rings. The van der Waals surface area contributed by atoms with Crippen LogP contribution in [0.25, 0.3) is 5.82 Å². The third kappa shape index (κ3) is 3.88. The Balaban J connectivity index is 1.42. The van der Waals surface area contributed by atoms with Gasteiger partial charge in [0.2, 0.25) is 0 Å². The van der Waals surface area contributed by atoms with Crippen LogP contribution in [0.3, 0.4) is 0 Å². The van der Waals surface area contributed by atoms with Crippen LogP contribution in [0.15, 0.2) is 55.1 Å². The molecule has 0 bridgehead atoms. The first-order valence-electron chi connectivity index (χ1n) is 8.82. The van der Waals surface area contributed by atoms with Gasteiger partial charge >= 0.3 is 0 Å². The van der Waals surface area contributed by atoms with Crippen molar-refractivity contribution in [1.82, 2.24) is 24.6 Å². The van der Waals surface area contributed by atoms with Crippen molar-refractivity contribution in [1.29, 1.82) is 0 Å². The highest BCUT2D eigenvalue weighted by Crippen LogP contribution is 2.16. The summed E-state index contributed by atoms with van der Waals surface area (Å²) in [6.07, 6.45) is 8.17. The van der Waals surface area contributed by atoms with Gasteiger partial charge in [0.1, 0.15) is 11.6 Å². The van der Waals surface area contributed by atoms with E-state index in [1.807, 2.05) is 30.6 Å². The van der Waals surface area contributed by atoms with E-state index in [1.54, 1.807) is 17.1 Å². The zero-order valence-corrected chi connectivity index (χ0v) is 14.5. The number of hydrogen-bond acceptors (Lipinski definition) is 5. The summed E-state index contributed by atoms with van der Waals surface area (Å²) in [4.78, 5) is 13.7. The molecule has 3 aromatic rings. The van der Waals surface area contributed by atoms with E-state index >= 15 is 0 Å². The van der Waals surface area contributed by atoms with Gasteiger partial charge in [-0.25, -0.2) is 14.1 Å². The highest BCUT2D eigenvalue weighted by molar-refractivity contribution is 5.39. The van der Waals surface area contributed by atoms with Gasteiger partial charge in [0.05, 0.1) is 12.4 Å². The topological polar surface area (TPSA) is 50.1 Å². The number of rotatable bonds is 4. The van der Waals surface area contributed by atoms with Gasteiger partial charge in [0, 0.05) is 45.1 Å². The van der Waals surface area contributed by atoms with E-state index in [4.69, 9.17) is 4.98 Å². The fourth-order valence-corrected chi connectivity index (χ4v) is 3.22. The van der Waals surface area contributed by atoms with E-state index in [-0.39, 0.29) is 5.82 Å². The number of halogens is 1. The van der Waals surface area contributed by atoms with Crippen LogP contribution in [0.4, 0.5) is 10.2 Å². The molecule has 0 N–H and O–H groups in total. The second-order valence-corrected chi connectivity index (χ2v) is 6.43. The molecule has 1 aliphatic rings. The van der Waals surface area contributed by atoms with Gasteiger partial charge in [-0.3, -0.25) is 9.88 Å². The van der Waals surface area contributed by atoms with Gasteiger partial charge in [-0.1, -0.05) is 12.1 Å². The molecule has 0 unspecified atom stereocenters. The Morgan fingerprint density at radius 3 is 2.62 bits per heavy atom. The number of benzene rings is 1. The molecule has 26 heavy (non-hydrogen) atoms. The molecule has 134 valence electrons. The maximum absolute atomic E-state index is 13.1. The molecule has 0 radical (unpaired) electrons. The van der Waals surface area contributed by atoms with Crippen molar-refractivity contribution in [3.63, 3.8) is 0 Å². The maximum Gasteiger partial charge on any atom is 0.173 e. The Kier molecular flexibility index (Phi) is 4.88. The van der Waals surface area contributed by atoms with Gasteiger partial charge in [0.15, 0.2) is 5.82 Å². The van der Waals surface area contributed by atoms with Crippen LogP contribution >= 0.6 is 0 Å². The summed E-state index contributed by atoms with van der Waals surface area (Å²) >= 11 is 0. The monoisotopic (exact) mass is 352 g/mol. The van der Waals surface area contributed by atoms with Crippen molar-refractivity contribution in [3.8, 4) is 5.82 Å². The van der Waals surface area contributed by atoms with E-state index in [0.717, 1.165) is 56.3 Å². The fraction of sp³-hybridized carbons (Fsp3) is 0.316. The fourth-order valence-electron chi connectivity index (χ4n) is 3.22. The Morgan fingerprint density at radius 1 is 0.962 bits per heavy atom. The van der Waals surface area contributed by atoms with Crippen LogP contribution in [0.1, 0.15) is 12.0 Å². The van der Waals surface area contributed by atoms with Crippen molar-refractivity contribution in [2.75, 3.05) is 31.1 Å². The smallest absolute Gasteiger partial charge is 0.173 e. The van der Waals surface area contributed by atoms with Gasteiger partial charge < -0.3 is 4.90 Å². The Labute approximate surface area is 151 Å². The first kappa shape index (κ1) is 16.7. The maximum atomic E-state index is 13.1. The van der Waals surface area contributed by atoms with Crippen LogP contribution < -0.4 is 4.90 Å². The summed E-state index contributed by atoms with van der Waals surface area (Å²) in [6.45, 7) is 4.62. The first-order chi connectivity index (χ1) is 12.8. The summed E-state index contributed by atoms with van der Waals surface area (Å²) in [5.41, 5.74) is 1.14. The zero-order chi connectivity index (χ0) is 17.8. The standard InChI is InChI=1S/C19H21FN6/c20-17-5-3-16(4-6-17)15-24-8-2-9-25(12-11-24)18-13-21-14-19(23-18)26-10-1-7-22-26/h1,3-7,10,13-14H,2,8-9,11-12,15H2. The number of aromatic nitrogens is 4. The summed E-state index contributed by atoms with van der Waals surface area (Å²) in [5.74, 6) is 1.41. The van der Waals surface area contributed by atoms with Crippen molar-refractivity contribution in [2.45, 2.75) is 13.0 Å². The average Bonchev–Trinajstić information content (AvgIpc) is 3.11. The lowest BCUT2D eigenvalue weighted by Gasteiger charge is -2.22. The highest BCUT2D eigenvalue weighted by Gasteiger charge is 2.17. The Bertz CT molecular complexity index is 834. The van der Waals surface area contributed by atoms with Crippen LogP contribution in [0, 0.1) is 5.82 Å². The molecule has 6 nitrogen and oxygen atoms in total. The van der Waals surface area contributed by atoms with E-state index in [0.29, 0.717) is 0 Å². The van der Waals surface area contributed by atoms with Gasteiger partial charge in [0.25, 0.3) is 0 Å². The molecular weight excluding hydrogens is 331 g/mol. The SMILES string of the molecule is Fc1ccc(CN2CCCN(c3cncc(-n4cccn4)n3)CC2)cc1. The Morgan fingerprint density at radius 2 is 1.81 bits per heavy atom. The summed E-state index contributed by atoms with van der Waals surface area (Å²) in [6, 6.07) is 8.63. The van der Waals surface area contributed by atoms with E-state index in [1.165, 1.54) is 12.1 Å². The molecule has 0 atom stereocenters. The summed E-state index contributed by atoms with van der Waals surface area (Å²) in [5, 5.41) is 4.22. The number of hydrogen-bond donors (Lipinski definition) is 0. The Hall–Kier alpha value is -2.80. The predicted molar refractivity (Wildman–Crippen MR) is 97.7 cm³/mol. The van der Waals surface area contributed by atoms with Gasteiger partial charge in [-0.15, -0.1) is 0 Å². The molecule has 2 aromatic heterocycles. The van der Waals surface area contributed by atoms with E-state index < -0.39 is 0 Å². The van der Waals surface area contributed by atoms with Crippen molar-refractivity contribution in [2.24, 2.45) is 0 Å². The molecule has 4 rings (SSSR count). The zero-order valence-electron chi connectivity index (χ0n) is 14.5. The third-order valence-corrected chi connectivity index (χ3v) is 4.58. The first-order valence-corrected chi connectivity index (χ1v) is 8.82. The molecule has 0 amide bonds. The van der Waals surface area contributed by atoms with E-state index in [9.17, 15) is 4.39 Å². The quantitative estimate of drug-likeness (QED) is 0.722. The predicted octanol–water partition coefficient (Wildman–Crippen LogP) is 2.51. The molecular formula is C19H21FN6. The molecule has 0 spiro atoms. The van der Waals surface area contributed by atoms with Gasteiger partial charge in [-0.05, 0) is 30.2 Å². The number of nitrogens with zero attached hydrogens (tertiary/aromatic N) is 6. The van der Waals surface area contributed by atoms with Crippen LogP contribution in [-0.4, -0.2) is 50.8 Å². The molecule has 0 aliphatic carbocycles. The molecule has 1 aromatic carbocycles. The van der Waals surface area contributed by atoms with Crippen LogP contribution in [0.5, 0.6) is 0 Å². The van der Waals surface area contributed by atoms with E-state index in [2.05, 4.69) is 19.9 Å². The largest absolute Gasteiger partial charge is 0.354 e. The van der Waals surface area contributed by atoms with Crippen LogP contribution in [-0.2, 0) is 6.54 Å². The van der Waals surface area contributed by atoms with Gasteiger partial charge in [-0.2, -0.15) is 5.10 Å². The van der Waals surface area contributed by atoms with Crippen LogP contribution in [0.2, 0.25) is 0 Å². The second kappa shape index (κ2) is 7.61. The third-order valence-electron chi connectivity index (χ3n) is 4.58. The van der Waals surface area contributed by atoms with Crippen molar-refractivity contribution in [3.05, 3.63) is 66.5 Å². The molecule has 0 saturated carbocycles. The minimum absolute atomic E-state index is 0.188. The second-order valence-electron chi connectivity index (χ2n) is 6.43. The summed E-state index contributed by atoms with van der Waals surface area (Å²) < 4.78 is 14.8. The molecule has 1 aliphatic heterocycles. The minimum Gasteiger partial charge on any atom is -0.354 e. The normalized spacial score (nSPS) is 15.8. The highest BCUT2D eigenvalue weighted by atomic mass is 19.1. The van der Waals surface area contributed by atoms with Crippen molar-refractivity contribution < 1.29 is 4.39 Å². The molecule has 3 heterocycles. The lowest BCUT2D eigenvalue weighted by molar-refractivity contribution is 0.285. The average molecular weight is 352 g/mol. The molecule has 7 heteroatoms. The molecule has 1 saturated heterocycles.